The van der Waals surface area contributed by atoms with E-state index in [9.17, 15) is 9.90 Å². The van der Waals surface area contributed by atoms with Crippen LogP contribution >= 0.6 is 0 Å². The first kappa shape index (κ1) is 12.4. The Balaban J connectivity index is 2.29. The van der Waals surface area contributed by atoms with Gasteiger partial charge in [-0.25, -0.2) is 0 Å². The SMILES string of the molecule is CCOc1ccc(OCCCC(=O)[O-])cc1. The molecule has 1 aromatic carbocycles. The van der Waals surface area contributed by atoms with Crippen molar-refractivity contribution in [3.8, 4) is 11.5 Å². The van der Waals surface area contributed by atoms with Crippen LogP contribution in [0.25, 0.3) is 0 Å². The number of hydrogen-bond acceptors (Lipinski definition) is 4. The van der Waals surface area contributed by atoms with E-state index in [-0.39, 0.29) is 6.42 Å². The van der Waals surface area contributed by atoms with E-state index in [2.05, 4.69) is 0 Å². The van der Waals surface area contributed by atoms with Gasteiger partial charge in [0, 0.05) is 5.97 Å². The predicted molar refractivity (Wildman–Crippen MR) is 57.3 cm³/mol. The predicted octanol–water partition coefficient (Wildman–Crippen LogP) is 0.994. The molecule has 0 saturated carbocycles. The Kier molecular flexibility index (Phi) is 5.19. The zero-order valence-corrected chi connectivity index (χ0v) is 9.27. The van der Waals surface area contributed by atoms with Gasteiger partial charge in [0.15, 0.2) is 0 Å². The van der Waals surface area contributed by atoms with Crippen molar-refractivity contribution in [1.82, 2.24) is 0 Å². The number of aliphatic carboxylic acids is 1. The molecule has 0 spiro atoms. The van der Waals surface area contributed by atoms with Crippen molar-refractivity contribution >= 4 is 5.97 Å². The van der Waals surface area contributed by atoms with Gasteiger partial charge < -0.3 is 19.4 Å². The lowest BCUT2D eigenvalue weighted by molar-refractivity contribution is -0.305. The fourth-order valence-electron chi connectivity index (χ4n) is 1.21. The molecule has 4 nitrogen and oxygen atoms in total. The van der Waals surface area contributed by atoms with E-state index in [0.29, 0.717) is 25.4 Å². The molecule has 0 bridgehead atoms. The lowest BCUT2D eigenvalue weighted by Gasteiger charge is -2.07. The maximum atomic E-state index is 10.1. The van der Waals surface area contributed by atoms with Crippen molar-refractivity contribution in [1.29, 1.82) is 0 Å². The molecule has 0 unspecified atom stereocenters. The van der Waals surface area contributed by atoms with Crippen molar-refractivity contribution in [3.05, 3.63) is 24.3 Å². The topological polar surface area (TPSA) is 58.6 Å². The van der Waals surface area contributed by atoms with E-state index < -0.39 is 5.97 Å². The van der Waals surface area contributed by atoms with Crippen molar-refractivity contribution in [3.63, 3.8) is 0 Å². The molecule has 0 aliphatic rings. The highest BCUT2D eigenvalue weighted by molar-refractivity contribution is 5.64. The molecule has 0 aliphatic carbocycles. The van der Waals surface area contributed by atoms with Crippen LogP contribution in [0.2, 0.25) is 0 Å². The number of carbonyl (C=O) groups excluding carboxylic acids is 1. The minimum Gasteiger partial charge on any atom is -0.550 e. The van der Waals surface area contributed by atoms with Crippen LogP contribution in [0.3, 0.4) is 0 Å². The van der Waals surface area contributed by atoms with E-state index in [1.807, 2.05) is 19.1 Å². The summed E-state index contributed by atoms with van der Waals surface area (Å²) in [5.74, 6) is 0.460. The van der Waals surface area contributed by atoms with Crippen LogP contribution in [0.5, 0.6) is 11.5 Å². The molecule has 4 heteroatoms. The lowest BCUT2D eigenvalue weighted by atomic mass is 10.3. The molecular formula is C12H15O4-. The number of carboxylic acid groups (broad SMARTS) is 1. The van der Waals surface area contributed by atoms with Crippen LogP contribution in [-0.2, 0) is 4.79 Å². The van der Waals surface area contributed by atoms with Gasteiger partial charge in [0.25, 0.3) is 0 Å². The molecule has 0 atom stereocenters. The van der Waals surface area contributed by atoms with Crippen LogP contribution in [0, 0.1) is 0 Å². The van der Waals surface area contributed by atoms with Gasteiger partial charge in [0.2, 0.25) is 0 Å². The molecule has 16 heavy (non-hydrogen) atoms. The first-order valence-corrected chi connectivity index (χ1v) is 5.28. The second-order valence-corrected chi connectivity index (χ2v) is 3.23. The molecule has 1 rings (SSSR count). The lowest BCUT2D eigenvalue weighted by Crippen LogP contribution is -2.22. The van der Waals surface area contributed by atoms with E-state index in [0.717, 1.165) is 5.75 Å². The number of rotatable bonds is 7. The quantitative estimate of drug-likeness (QED) is 0.647. The Hall–Kier alpha value is -1.71. The molecule has 1 aromatic rings. The monoisotopic (exact) mass is 223 g/mol. The number of carbonyl (C=O) groups is 1. The summed E-state index contributed by atoms with van der Waals surface area (Å²) in [6, 6.07) is 7.23. The third kappa shape index (κ3) is 4.68. The molecule has 0 aromatic heterocycles. The van der Waals surface area contributed by atoms with Crippen LogP contribution in [0.15, 0.2) is 24.3 Å². The van der Waals surface area contributed by atoms with Gasteiger partial charge in [-0.1, -0.05) is 0 Å². The summed E-state index contributed by atoms with van der Waals surface area (Å²) >= 11 is 0. The zero-order chi connectivity index (χ0) is 11.8. The highest BCUT2D eigenvalue weighted by atomic mass is 16.5. The number of ether oxygens (including phenoxy) is 2. The highest BCUT2D eigenvalue weighted by Gasteiger charge is 1.95. The number of hydrogen-bond donors (Lipinski definition) is 0. The van der Waals surface area contributed by atoms with Gasteiger partial charge in [0.1, 0.15) is 11.5 Å². The van der Waals surface area contributed by atoms with Gasteiger partial charge >= 0.3 is 0 Å². The van der Waals surface area contributed by atoms with Crippen LogP contribution in [0.4, 0.5) is 0 Å². The van der Waals surface area contributed by atoms with Gasteiger partial charge in [-0.05, 0) is 44.0 Å². The Morgan fingerprint density at radius 1 is 1.19 bits per heavy atom. The molecule has 0 aliphatic heterocycles. The van der Waals surface area contributed by atoms with Crippen molar-refractivity contribution < 1.29 is 19.4 Å². The summed E-state index contributed by atoms with van der Waals surface area (Å²) in [6.45, 7) is 2.93. The fourth-order valence-corrected chi connectivity index (χ4v) is 1.21. The largest absolute Gasteiger partial charge is 0.550 e. The van der Waals surface area contributed by atoms with Gasteiger partial charge in [-0.2, -0.15) is 0 Å². The second-order valence-electron chi connectivity index (χ2n) is 3.23. The molecule has 0 N–H and O–H groups in total. The standard InChI is InChI=1S/C12H16O4/c1-2-15-10-5-7-11(8-6-10)16-9-3-4-12(13)14/h5-8H,2-4,9H2,1H3,(H,13,14)/p-1. The molecule has 0 radical (unpaired) electrons. The molecule has 0 saturated heterocycles. The van der Waals surface area contributed by atoms with Crippen LogP contribution in [-0.4, -0.2) is 19.2 Å². The smallest absolute Gasteiger partial charge is 0.119 e. The fraction of sp³-hybridized carbons (Fsp3) is 0.417. The summed E-state index contributed by atoms with van der Waals surface area (Å²) in [4.78, 5) is 10.1. The van der Waals surface area contributed by atoms with E-state index in [1.165, 1.54) is 0 Å². The maximum Gasteiger partial charge on any atom is 0.119 e. The van der Waals surface area contributed by atoms with Crippen molar-refractivity contribution in [2.45, 2.75) is 19.8 Å². The minimum atomic E-state index is -1.05. The van der Waals surface area contributed by atoms with E-state index in [4.69, 9.17) is 9.47 Å². The van der Waals surface area contributed by atoms with Crippen molar-refractivity contribution in [2.75, 3.05) is 13.2 Å². The second kappa shape index (κ2) is 6.71. The third-order valence-corrected chi connectivity index (χ3v) is 1.93. The normalized spacial score (nSPS) is 9.81. The third-order valence-electron chi connectivity index (χ3n) is 1.93. The Bertz CT molecular complexity index is 318. The first-order valence-electron chi connectivity index (χ1n) is 5.28. The highest BCUT2D eigenvalue weighted by Crippen LogP contribution is 2.17. The minimum absolute atomic E-state index is 0.0248. The molecule has 0 fully saturated rings. The average Bonchev–Trinajstić information content (AvgIpc) is 2.27. The Labute approximate surface area is 94.8 Å². The summed E-state index contributed by atoms with van der Waals surface area (Å²) in [7, 11) is 0. The van der Waals surface area contributed by atoms with Gasteiger partial charge in [0.05, 0.1) is 13.2 Å². The summed E-state index contributed by atoms with van der Waals surface area (Å²) in [5.41, 5.74) is 0. The molecular weight excluding hydrogens is 208 g/mol. The van der Waals surface area contributed by atoms with Crippen LogP contribution < -0.4 is 14.6 Å². The van der Waals surface area contributed by atoms with Crippen LogP contribution in [0.1, 0.15) is 19.8 Å². The Morgan fingerprint density at radius 2 is 1.75 bits per heavy atom. The van der Waals surface area contributed by atoms with Gasteiger partial charge in [-0.15, -0.1) is 0 Å². The van der Waals surface area contributed by atoms with Gasteiger partial charge in [-0.3, -0.25) is 0 Å². The molecule has 88 valence electrons. The summed E-state index contributed by atoms with van der Waals surface area (Å²) in [5, 5.41) is 10.1. The molecule has 0 amide bonds. The maximum absolute atomic E-state index is 10.1. The first-order chi connectivity index (χ1) is 7.72. The van der Waals surface area contributed by atoms with E-state index in [1.54, 1.807) is 12.1 Å². The Morgan fingerprint density at radius 3 is 2.25 bits per heavy atom. The molecule has 0 heterocycles. The zero-order valence-electron chi connectivity index (χ0n) is 9.27. The number of benzene rings is 1. The van der Waals surface area contributed by atoms with Crippen molar-refractivity contribution in [2.24, 2.45) is 0 Å². The summed E-state index contributed by atoms with van der Waals surface area (Å²) < 4.78 is 10.6. The number of carboxylic acids is 1. The average molecular weight is 223 g/mol. The summed E-state index contributed by atoms with van der Waals surface area (Å²) in [6.07, 6.45) is 0.479. The van der Waals surface area contributed by atoms with E-state index >= 15 is 0 Å².